The Hall–Kier alpha value is -0.0331. The van der Waals surface area contributed by atoms with Crippen LogP contribution in [0, 0.1) is 0 Å². The summed E-state index contributed by atoms with van der Waals surface area (Å²) in [5.74, 6) is 0. The molecule has 0 spiro atoms. The van der Waals surface area contributed by atoms with E-state index < -0.39 is 20.9 Å². The van der Waals surface area contributed by atoms with Crippen molar-refractivity contribution >= 4 is 8.32 Å². The molecule has 0 aromatic heterocycles. The van der Waals surface area contributed by atoms with Gasteiger partial charge in [-0.25, -0.2) is 13.2 Å². The van der Waals surface area contributed by atoms with E-state index in [4.69, 9.17) is 4.43 Å². The molecule has 2 unspecified atom stereocenters. The number of halogens is 3. The van der Waals surface area contributed by atoms with Gasteiger partial charge in [0.05, 0.1) is 0 Å². The van der Waals surface area contributed by atoms with Gasteiger partial charge < -0.3 is 4.43 Å². The molecule has 1 heterocycles. The van der Waals surface area contributed by atoms with Gasteiger partial charge in [-0.3, -0.25) is 0 Å². The van der Waals surface area contributed by atoms with E-state index in [1.807, 2.05) is 0 Å². The lowest BCUT2D eigenvalue weighted by molar-refractivity contribution is 0.0156. The third-order valence-electron chi connectivity index (χ3n) is 2.55. The zero-order valence-electron chi connectivity index (χ0n) is 8.60. The third kappa shape index (κ3) is 3.61. The fraction of sp³-hybridized carbons (Fsp3) is 1.00. The minimum absolute atomic E-state index is 0.145. The molecule has 1 nitrogen and oxygen atoms in total. The minimum atomic E-state index is -2.87. The molecule has 2 atom stereocenters. The maximum Gasteiger partial charge on any atom is 0.269 e. The van der Waals surface area contributed by atoms with Crippen molar-refractivity contribution in [3.05, 3.63) is 0 Å². The molecule has 0 amide bonds. The van der Waals surface area contributed by atoms with E-state index >= 15 is 0 Å². The summed E-state index contributed by atoms with van der Waals surface area (Å²) in [6.07, 6.45) is -3.61. The third-order valence-corrected chi connectivity index (χ3v) is 5.08. The van der Waals surface area contributed by atoms with Gasteiger partial charge >= 0.3 is 0 Å². The summed E-state index contributed by atoms with van der Waals surface area (Å²) >= 11 is 0. The Morgan fingerprint density at radius 1 is 1.36 bits per heavy atom. The molecule has 1 saturated heterocycles. The largest absolute Gasteiger partial charge is 0.414 e. The highest BCUT2D eigenvalue weighted by Crippen LogP contribution is 2.29. The predicted molar refractivity (Wildman–Crippen MR) is 51.9 cm³/mol. The van der Waals surface area contributed by atoms with Gasteiger partial charge in [0.15, 0.2) is 14.5 Å². The summed E-state index contributed by atoms with van der Waals surface area (Å²) in [5, 5.41) is 0. The van der Waals surface area contributed by atoms with Crippen LogP contribution in [0.3, 0.4) is 0 Å². The highest BCUT2D eigenvalue weighted by atomic mass is 28.4. The first-order valence-corrected chi connectivity index (χ1v) is 8.12. The van der Waals surface area contributed by atoms with E-state index in [-0.39, 0.29) is 12.5 Å². The molecule has 0 radical (unpaired) electrons. The van der Waals surface area contributed by atoms with Gasteiger partial charge in [0.1, 0.15) is 0 Å². The molecule has 14 heavy (non-hydrogen) atoms. The smallest absolute Gasteiger partial charge is 0.269 e. The van der Waals surface area contributed by atoms with Crippen molar-refractivity contribution in [2.45, 2.75) is 57.1 Å². The van der Waals surface area contributed by atoms with Crippen molar-refractivity contribution < 1.29 is 17.6 Å². The molecule has 84 valence electrons. The van der Waals surface area contributed by atoms with Crippen molar-refractivity contribution in [3.63, 3.8) is 0 Å². The summed E-state index contributed by atoms with van der Waals surface area (Å²) in [7, 11) is -1.67. The van der Waals surface area contributed by atoms with Crippen molar-refractivity contribution in [1.82, 2.24) is 0 Å². The van der Waals surface area contributed by atoms with Gasteiger partial charge in [0.25, 0.3) is 6.43 Å². The van der Waals surface area contributed by atoms with Crippen LogP contribution >= 0.6 is 0 Å². The fourth-order valence-electron chi connectivity index (χ4n) is 1.84. The van der Waals surface area contributed by atoms with Crippen LogP contribution in [0.15, 0.2) is 0 Å². The van der Waals surface area contributed by atoms with Gasteiger partial charge in [0, 0.05) is 12.5 Å². The molecule has 5 heteroatoms. The molecule has 0 aliphatic carbocycles. The van der Waals surface area contributed by atoms with Gasteiger partial charge in [-0.15, -0.1) is 0 Å². The van der Waals surface area contributed by atoms with Crippen LogP contribution < -0.4 is 0 Å². The van der Waals surface area contributed by atoms with Crippen molar-refractivity contribution in [3.8, 4) is 0 Å². The average Bonchev–Trinajstić information content (AvgIpc) is 2.01. The van der Waals surface area contributed by atoms with Crippen LogP contribution in [0.25, 0.3) is 0 Å². The number of alkyl halides is 3. The molecular formula is C9H17F3OSi. The normalized spacial score (nSPS) is 29.1. The van der Waals surface area contributed by atoms with E-state index in [1.165, 1.54) is 0 Å². The van der Waals surface area contributed by atoms with Crippen molar-refractivity contribution in [2.75, 3.05) is 0 Å². The molecule has 0 bridgehead atoms. The van der Waals surface area contributed by atoms with Crippen LogP contribution in [0.4, 0.5) is 13.2 Å². The molecule has 0 saturated carbocycles. The number of hydrogen-bond acceptors (Lipinski definition) is 1. The van der Waals surface area contributed by atoms with E-state index in [9.17, 15) is 13.2 Å². The van der Waals surface area contributed by atoms with E-state index in [2.05, 4.69) is 13.1 Å². The summed E-state index contributed by atoms with van der Waals surface area (Å²) in [4.78, 5) is 0. The minimum Gasteiger partial charge on any atom is -0.414 e. The molecule has 1 aliphatic rings. The Bertz CT molecular complexity index is 187. The molecule has 1 fully saturated rings. The lowest BCUT2D eigenvalue weighted by Gasteiger charge is -2.35. The second-order valence-corrected chi connectivity index (χ2v) is 8.73. The molecule has 0 aromatic rings. The summed E-state index contributed by atoms with van der Waals surface area (Å²) in [5.41, 5.74) is 0. The number of hydrogen-bond donors (Lipinski definition) is 0. The SMILES string of the molecule is C[Si]1(C)CCCC(CC(F)C(F)F)O1. The second kappa shape index (κ2) is 4.66. The highest BCUT2D eigenvalue weighted by molar-refractivity contribution is 6.71. The Balaban J connectivity index is 2.38. The highest BCUT2D eigenvalue weighted by Gasteiger charge is 2.33. The first kappa shape index (κ1) is 12.0. The van der Waals surface area contributed by atoms with Crippen LogP contribution in [-0.2, 0) is 4.43 Å². The zero-order chi connectivity index (χ0) is 10.8. The summed E-state index contributed by atoms with van der Waals surface area (Å²) in [6.45, 7) is 4.10. The maximum atomic E-state index is 12.7. The van der Waals surface area contributed by atoms with Crippen LogP contribution in [-0.4, -0.2) is 27.0 Å². The van der Waals surface area contributed by atoms with Crippen LogP contribution in [0.1, 0.15) is 19.3 Å². The number of rotatable bonds is 3. The van der Waals surface area contributed by atoms with Crippen molar-refractivity contribution in [1.29, 1.82) is 0 Å². The maximum absolute atomic E-state index is 12.7. The van der Waals surface area contributed by atoms with Gasteiger partial charge in [-0.1, -0.05) is 6.42 Å². The topological polar surface area (TPSA) is 9.23 Å². The predicted octanol–water partition coefficient (Wildman–Crippen LogP) is 3.36. The molecule has 1 aliphatic heterocycles. The summed E-state index contributed by atoms with van der Waals surface area (Å²) < 4.78 is 42.3. The first-order chi connectivity index (χ1) is 6.41. The van der Waals surface area contributed by atoms with E-state index in [1.54, 1.807) is 0 Å². The second-order valence-electron chi connectivity index (χ2n) is 4.48. The first-order valence-electron chi connectivity index (χ1n) is 5.01. The van der Waals surface area contributed by atoms with Crippen LogP contribution in [0.5, 0.6) is 0 Å². The zero-order valence-corrected chi connectivity index (χ0v) is 9.60. The van der Waals surface area contributed by atoms with Gasteiger partial charge in [-0.05, 0) is 25.6 Å². The Kier molecular flexibility index (Phi) is 4.01. The Labute approximate surface area is 83.8 Å². The lowest BCUT2D eigenvalue weighted by atomic mass is 10.1. The fourth-order valence-corrected chi connectivity index (χ4v) is 4.13. The molecule has 0 aromatic carbocycles. The monoisotopic (exact) mass is 226 g/mol. The standard InChI is InChI=1S/C9H17F3OSi/c1-14(2)5-3-4-7(13-14)6-8(10)9(11)12/h7-9H,3-6H2,1-2H3. The molecular weight excluding hydrogens is 209 g/mol. The molecule has 1 rings (SSSR count). The molecule has 0 N–H and O–H groups in total. The Morgan fingerprint density at radius 2 is 2.00 bits per heavy atom. The van der Waals surface area contributed by atoms with Crippen LogP contribution in [0.2, 0.25) is 19.1 Å². The lowest BCUT2D eigenvalue weighted by Crippen LogP contribution is -2.40. The van der Waals surface area contributed by atoms with Gasteiger partial charge in [0.2, 0.25) is 0 Å². The van der Waals surface area contributed by atoms with Crippen molar-refractivity contribution in [2.24, 2.45) is 0 Å². The summed E-state index contributed by atoms with van der Waals surface area (Å²) in [6, 6.07) is 1.05. The quantitative estimate of drug-likeness (QED) is 0.670. The van der Waals surface area contributed by atoms with E-state index in [0.29, 0.717) is 0 Å². The average molecular weight is 226 g/mol. The Morgan fingerprint density at radius 3 is 2.50 bits per heavy atom. The van der Waals surface area contributed by atoms with Gasteiger partial charge in [-0.2, -0.15) is 0 Å². The van der Waals surface area contributed by atoms with E-state index in [0.717, 1.165) is 18.9 Å².